The SMILES string of the molecule is O=C1NCC(=O)N2CCN(Cc3ccccc3)CC12. The summed E-state index contributed by atoms with van der Waals surface area (Å²) in [5, 5.41) is 2.66. The molecule has 1 aromatic rings. The number of rotatable bonds is 2. The van der Waals surface area contributed by atoms with Crippen molar-refractivity contribution in [1.29, 1.82) is 0 Å². The summed E-state index contributed by atoms with van der Waals surface area (Å²) in [5.74, 6) is 0.00122. The molecule has 0 bridgehead atoms. The van der Waals surface area contributed by atoms with Gasteiger partial charge in [0.1, 0.15) is 6.04 Å². The number of fused-ring (bicyclic) bond motifs is 1. The minimum Gasteiger partial charge on any atom is -0.345 e. The van der Waals surface area contributed by atoms with Gasteiger partial charge < -0.3 is 10.2 Å². The Hall–Kier alpha value is -1.88. The van der Waals surface area contributed by atoms with Gasteiger partial charge in [-0.05, 0) is 5.56 Å². The molecule has 0 radical (unpaired) electrons. The van der Waals surface area contributed by atoms with Crippen molar-refractivity contribution in [2.24, 2.45) is 0 Å². The predicted molar refractivity (Wildman–Crippen MR) is 70.2 cm³/mol. The van der Waals surface area contributed by atoms with E-state index in [9.17, 15) is 9.59 Å². The van der Waals surface area contributed by atoms with Crippen LogP contribution in [-0.4, -0.2) is 53.8 Å². The van der Waals surface area contributed by atoms with Gasteiger partial charge in [0.2, 0.25) is 11.8 Å². The summed E-state index contributed by atoms with van der Waals surface area (Å²) in [6, 6.07) is 9.87. The van der Waals surface area contributed by atoms with Crippen LogP contribution in [0.3, 0.4) is 0 Å². The van der Waals surface area contributed by atoms with Crippen LogP contribution >= 0.6 is 0 Å². The third kappa shape index (κ3) is 2.46. The van der Waals surface area contributed by atoms with Crippen molar-refractivity contribution in [2.75, 3.05) is 26.2 Å². The van der Waals surface area contributed by atoms with E-state index in [1.165, 1.54) is 5.56 Å². The molecule has 0 aliphatic carbocycles. The third-order valence-corrected chi connectivity index (χ3v) is 3.75. The molecule has 2 fully saturated rings. The molecule has 2 heterocycles. The molecule has 5 nitrogen and oxygen atoms in total. The fraction of sp³-hybridized carbons (Fsp3) is 0.429. The first-order valence-electron chi connectivity index (χ1n) is 6.57. The largest absolute Gasteiger partial charge is 0.345 e. The molecule has 1 N–H and O–H groups in total. The van der Waals surface area contributed by atoms with E-state index < -0.39 is 0 Å². The first-order valence-corrected chi connectivity index (χ1v) is 6.57. The van der Waals surface area contributed by atoms with Crippen LogP contribution in [0, 0.1) is 0 Å². The van der Waals surface area contributed by atoms with Crippen molar-refractivity contribution < 1.29 is 9.59 Å². The van der Waals surface area contributed by atoms with Gasteiger partial charge in [-0.2, -0.15) is 0 Å². The number of carbonyl (C=O) groups is 2. The van der Waals surface area contributed by atoms with Crippen LogP contribution in [0.1, 0.15) is 5.56 Å². The zero-order valence-electron chi connectivity index (χ0n) is 10.7. The van der Waals surface area contributed by atoms with Crippen LogP contribution in [0.25, 0.3) is 0 Å². The van der Waals surface area contributed by atoms with E-state index in [0.717, 1.165) is 13.1 Å². The van der Waals surface area contributed by atoms with Crippen molar-refractivity contribution in [1.82, 2.24) is 15.1 Å². The highest BCUT2D eigenvalue weighted by Crippen LogP contribution is 2.15. The van der Waals surface area contributed by atoms with Crippen molar-refractivity contribution in [2.45, 2.75) is 12.6 Å². The van der Waals surface area contributed by atoms with Gasteiger partial charge in [0.25, 0.3) is 0 Å². The Kier molecular flexibility index (Phi) is 3.21. The first kappa shape index (κ1) is 12.2. The lowest BCUT2D eigenvalue weighted by Gasteiger charge is -2.42. The molecule has 2 saturated heterocycles. The lowest BCUT2D eigenvalue weighted by molar-refractivity contribution is -0.149. The number of nitrogens with zero attached hydrogens (tertiary/aromatic N) is 2. The maximum Gasteiger partial charge on any atom is 0.244 e. The second kappa shape index (κ2) is 5.01. The van der Waals surface area contributed by atoms with Crippen LogP contribution in [0.2, 0.25) is 0 Å². The van der Waals surface area contributed by atoms with Gasteiger partial charge in [0, 0.05) is 26.2 Å². The topological polar surface area (TPSA) is 52.7 Å². The molecule has 3 rings (SSSR count). The maximum absolute atomic E-state index is 11.8. The van der Waals surface area contributed by atoms with E-state index in [1.807, 2.05) is 18.2 Å². The average Bonchev–Trinajstić information content (AvgIpc) is 2.44. The third-order valence-electron chi connectivity index (χ3n) is 3.75. The van der Waals surface area contributed by atoms with Crippen LogP contribution in [0.15, 0.2) is 30.3 Å². The minimum atomic E-state index is -0.321. The molecule has 100 valence electrons. The Balaban J connectivity index is 1.68. The molecule has 1 atom stereocenters. The van der Waals surface area contributed by atoms with Gasteiger partial charge in [0.05, 0.1) is 6.54 Å². The Morgan fingerprint density at radius 1 is 1.16 bits per heavy atom. The number of piperazine rings is 2. The quantitative estimate of drug-likeness (QED) is 0.802. The molecule has 19 heavy (non-hydrogen) atoms. The monoisotopic (exact) mass is 259 g/mol. The van der Waals surface area contributed by atoms with Gasteiger partial charge >= 0.3 is 0 Å². The molecular formula is C14H17N3O2. The average molecular weight is 259 g/mol. The lowest BCUT2D eigenvalue weighted by Crippen LogP contribution is -2.65. The highest BCUT2D eigenvalue weighted by Gasteiger charge is 2.38. The summed E-state index contributed by atoms with van der Waals surface area (Å²) in [5.41, 5.74) is 1.23. The zero-order valence-corrected chi connectivity index (χ0v) is 10.7. The van der Waals surface area contributed by atoms with E-state index in [2.05, 4.69) is 22.3 Å². The zero-order chi connectivity index (χ0) is 13.2. The molecule has 0 spiro atoms. The molecule has 5 heteroatoms. The Morgan fingerprint density at radius 2 is 1.95 bits per heavy atom. The fourth-order valence-electron chi connectivity index (χ4n) is 2.73. The summed E-state index contributed by atoms with van der Waals surface area (Å²) < 4.78 is 0. The number of hydrogen-bond acceptors (Lipinski definition) is 3. The van der Waals surface area contributed by atoms with E-state index in [1.54, 1.807) is 4.90 Å². The van der Waals surface area contributed by atoms with E-state index in [4.69, 9.17) is 0 Å². The van der Waals surface area contributed by atoms with Gasteiger partial charge in [-0.1, -0.05) is 30.3 Å². The standard InChI is InChI=1S/C14H17N3O2/c18-13-8-15-14(19)12-10-16(6-7-17(12)13)9-11-4-2-1-3-5-11/h1-5,12H,6-10H2,(H,15,19). The van der Waals surface area contributed by atoms with Gasteiger partial charge in [0.15, 0.2) is 0 Å². The van der Waals surface area contributed by atoms with Crippen LogP contribution in [0.4, 0.5) is 0 Å². The van der Waals surface area contributed by atoms with Gasteiger partial charge in [-0.15, -0.1) is 0 Å². The fourth-order valence-corrected chi connectivity index (χ4v) is 2.73. The Labute approximate surface area is 112 Å². The number of hydrogen-bond donors (Lipinski definition) is 1. The maximum atomic E-state index is 11.8. The summed E-state index contributed by atoms with van der Waals surface area (Å²) in [6.45, 7) is 3.06. The lowest BCUT2D eigenvalue weighted by atomic mass is 10.1. The van der Waals surface area contributed by atoms with Gasteiger partial charge in [-0.3, -0.25) is 14.5 Å². The van der Waals surface area contributed by atoms with E-state index in [-0.39, 0.29) is 24.4 Å². The van der Waals surface area contributed by atoms with Crippen molar-refractivity contribution in [3.63, 3.8) is 0 Å². The number of carbonyl (C=O) groups excluding carboxylic acids is 2. The molecule has 2 amide bonds. The summed E-state index contributed by atoms with van der Waals surface area (Å²) >= 11 is 0. The van der Waals surface area contributed by atoms with Crippen molar-refractivity contribution in [3.05, 3.63) is 35.9 Å². The smallest absolute Gasteiger partial charge is 0.244 e. The number of nitrogens with one attached hydrogen (secondary N) is 1. The van der Waals surface area contributed by atoms with Crippen molar-refractivity contribution in [3.8, 4) is 0 Å². The van der Waals surface area contributed by atoms with Crippen LogP contribution < -0.4 is 5.32 Å². The summed E-state index contributed by atoms with van der Waals surface area (Å²) in [4.78, 5) is 27.5. The molecular weight excluding hydrogens is 242 g/mol. The number of amides is 2. The van der Waals surface area contributed by atoms with Crippen molar-refractivity contribution >= 4 is 11.8 Å². The van der Waals surface area contributed by atoms with Crippen LogP contribution in [-0.2, 0) is 16.1 Å². The highest BCUT2D eigenvalue weighted by molar-refractivity contribution is 5.95. The molecule has 0 saturated carbocycles. The van der Waals surface area contributed by atoms with Gasteiger partial charge in [-0.25, -0.2) is 0 Å². The summed E-state index contributed by atoms with van der Waals surface area (Å²) in [7, 11) is 0. The highest BCUT2D eigenvalue weighted by atomic mass is 16.2. The van der Waals surface area contributed by atoms with E-state index in [0.29, 0.717) is 13.1 Å². The minimum absolute atomic E-state index is 0.0302. The Morgan fingerprint density at radius 3 is 2.74 bits per heavy atom. The Bertz CT molecular complexity index is 489. The molecule has 0 aromatic heterocycles. The number of benzene rings is 1. The second-order valence-electron chi connectivity index (χ2n) is 5.04. The van der Waals surface area contributed by atoms with E-state index >= 15 is 0 Å². The second-order valence-corrected chi connectivity index (χ2v) is 5.04. The molecule has 2 aliphatic heterocycles. The predicted octanol–water partition coefficient (Wildman–Crippen LogP) is -0.171. The molecule has 1 aromatic carbocycles. The van der Waals surface area contributed by atoms with Crippen LogP contribution in [0.5, 0.6) is 0 Å². The first-order chi connectivity index (χ1) is 9.24. The summed E-state index contributed by atoms with van der Waals surface area (Å²) in [6.07, 6.45) is 0. The normalized spacial score (nSPS) is 24.0. The molecule has 2 aliphatic rings. The molecule has 1 unspecified atom stereocenters.